The van der Waals surface area contributed by atoms with E-state index < -0.39 is 0 Å². The number of rotatable bonds is 4. The van der Waals surface area contributed by atoms with Gasteiger partial charge in [0.25, 0.3) is 0 Å². The molecule has 1 fully saturated rings. The molecule has 0 N–H and O–H groups in total. The number of carbonyl (C=O) groups excluding carboxylic acids is 2. The molecule has 0 spiro atoms. The van der Waals surface area contributed by atoms with E-state index in [4.69, 9.17) is 9.15 Å². The maximum Gasteiger partial charge on any atom is 0.219 e. The number of hydrogen-bond acceptors (Lipinski definition) is 5. The summed E-state index contributed by atoms with van der Waals surface area (Å²) in [6.45, 7) is 4.63. The Balaban J connectivity index is 1.82. The monoisotopic (exact) mass is 328 g/mol. The van der Waals surface area contributed by atoms with Crippen LogP contribution < -0.4 is 9.64 Å². The van der Waals surface area contributed by atoms with E-state index in [1.807, 2.05) is 23.1 Å². The SMILES string of the molecule is COc1cc(N2CCN(C(C)=O)CC2)ccc1-c1ccc(C=O)o1. The summed E-state index contributed by atoms with van der Waals surface area (Å²) < 4.78 is 11.0. The number of hydrogen-bond donors (Lipinski definition) is 0. The Labute approximate surface area is 140 Å². The van der Waals surface area contributed by atoms with Crippen molar-refractivity contribution in [1.82, 2.24) is 4.90 Å². The standard InChI is InChI=1S/C18H20N2O4/c1-13(22)19-7-9-20(10-8-19)14-3-5-16(18(11-14)23-2)17-6-4-15(12-21)24-17/h3-6,11-12H,7-10H2,1-2H3. The maximum atomic E-state index is 11.4. The van der Waals surface area contributed by atoms with E-state index in [2.05, 4.69) is 4.90 Å². The molecule has 1 aliphatic heterocycles. The molecule has 1 saturated heterocycles. The molecule has 126 valence electrons. The largest absolute Gasteiger partial charge is 0.496 e. The summed E-state index contributed by atoms with van der Waals surface area (Å²) in [5.74, 6) is 1.69. The van der Waals surface area contributed by atoms with Crippen LogP contribution >= 0.6 is 0 Å². The lowest BCUT2D eigenvalue weighted by Crippen LogP contribution is -2.48. The van der Waals surface area contributed by atoms with Gasteiger partial charge in [-0.25, -0.2) is 0 Å². The van der Waals surface area contributed by atoms with Crippen LogP contribution in [0.4, 0.5) is 5.69 Å². The molecule has 0 bridgehead atoms. The molecule has 6 nitrogen and oxygen atoms in total. The third-order valence-corrected chi connectivity index (χ3v) is 4.28. The first-order valence-corrected chi connectivity index (χ1v) is 7.86. The number of carbonyl (C=O) groups is 2. The Bertz CT molecular complexity index is 745. The zero-order valence-electron chi connectivity index (χ0n) is 13.8. The van der Waals surface area contributed by atoms with Crippen LogP contribution in [0.3, 0.4) is 0 Å². The molecule has 3 rings (SSSR count). The second kappa shape index (κ2) is 6.78. The number of ether oxygens (including phenoxy) is 1. The molecule has 2 heterocycles. The molecule has 0 aliphatic carbocycles. The van der Waals surface area contributed by atoms with Crippen LogP contribution in [0.1, 0.15) is 17.5 Å². The highest BCUT2D eigenvalue weighted by Gasteiger charge is 2.20. The van der Waals surface area contributed by atoms with Gasteiger partial charge < -0.3 is 19.0 Å². The quantitative estimate of drug-likeness (QED) is 0.807. The molecule has 1 aromatic heterocycles. The van der Waals surface area contributed by atoms with E-state index in [1.165, 1.54) is 0 Å². The van der Waals surface area contributed by atoms with Crippen LogP contribution in [0.25, 0.3) is 11.3 Å². The van der Waals surface area contributed by atoms with E-state index in [-0.39, 0.29) is 11.7 Å². The predicted octanol–water partition coefficient (Wildman–Crippen LogP) is 2.44. The Morgan fingerprint density at radius 1 is 1.17 bits per heavy atom. The zero-order chi connectivity index (χ0) is 17.1. The average Bonchev–Trinajstić information content (AvgIpc) is 3.10. The van der Waals surface area contributed by atoms with Crippen LogP contribution in [0.2, 0.25) is 0 Å². The highest BCUT2D eigenvalue weighted by atomic mass is 16.5. The number of methoxy groups -OCH3 is 1. The van der Waals surface area contributed by atoms with Crippen molar-refractivity contribution >= 4 is 17.9 Å². The van der Waals surface area contributed by atoms with E-state index in [9.17, 15) is 9.59 Å². The van der Waals surface area contributed by atoms with Gasteiger partial charge in [0.2, 0.25) is 5.91 Å². The minimum atomic E-state index is 0.117. The van der Waals surface area contributed by atoms with E-state index in [1.54, 1.807) is 26.2 Å². The Morgan fingerprint density at radius 2 is 1.92 bits per heavy atom. The molecule has 0 radical (unpaired) electrons. The first-order chi connectivity index (χ1) is 11.6. The van der Waals surface area contributed by atoms with Crippen molar-refractivity contribution in [3.05, 3.63) is 36.1 Å². The van der Waals surface area contributed by atoms with Gasteiger partial charge >= 0.3 is 0 Å². The number of aldehydes is 1. The third-order valence-electron chi connectivity index (χ3n) is 4.28. The van der Waals surface area contributed by atoms with Crippen LogP contribution in [0.5, 0.6) is 5.75 Å². The van der Waals surface area contributed by atoms with E-state index in [0.29, 0.717) is 17.8 Å². The number of nitrogens with zero attached hydrogens (tertiary/aromatic N) is 2. The van der Waals surface area contributed by atoms with Crippen molar-refractivity contribution in [2.75, 3.05) is 38.2 Å². The minimum Gasteiger partial charge on any atom is -0.496 e. The topological polar surface area (TPSA) is 63.0 Å². The van der Waals surface area contributed by atoms with Gasteiger partial charge in [0.15, 0.2) is 12.0 Å². The van der Waals surface area contributed by atoms with Crippen molar-refractivity contribution in [2.45, 2.75) is 6.92 Å². The van der Waals surface area contributed by atoms with Crippen molar-refractivity contribution in [3.8, 4) is 17.1 Å². The number of furan rings is 1. The highest BCUT2D eigenvalue weighted by molar-refractivity contribution is 5.76. The molecule has 2 aromatic rings. The molecule has 0 unspecified atom stereocenters. The summed E-state index contributed by atoms with van der Waals surface area (Å²) in [5, 5.41) is 0. The van der Waals surface area contributed by atoms with Gasteiger partial charge in [-0.05, 0) is 24.3 Å². The van der Waals surface area contributed by atoms with Gasteiger partial charge in [0.1, 0.15) is 11.5 Å². The Kier molecular flexibility index (Phi) is 4.55. The van der Waals surface area contributed by atoms with Crippen molar-refractivity contribution in [3.63, 3.8) is 0 Å². The maximum absolute atomic E-state index is 11.4. The van der Waals surface area contributed by atoms with Crippen LogP contribution in [0.15, 0.2) is 34.7 Å². The lowest BCUT2D eigenvalue weighted by atomic mass is 10.1. The molecule has 6 heteroatoms. The van der Waals surface area contributed by atoms with Crippen molar-refractivity contribution in [2.24, 2.45) is 0 Å². The van der Waals surface area contributed by atoms with Crippen molar-refractivity contribution in [1.29, 1.82) is 0 Å². The van der Waals surface area contributed by atoms with Crippen molar-refractivity contribution < 1.29 is 18.7 Å². The Hall–Kier alpha value is -2.76. The minimum absolute atomic E-state index is 0.117. The predicted molar refractivity (Wildman–Crippen MR) is 90.6 cm³/mol. The lowest BCUT2D eigenvalue weighted by molar-refractivity contribution is -0.129. The third kappa shape index (κ3) is 3.13. The zero-order valence-corrected chi connectivity index (χ0v) is 13.8. The second-order valence-electron chi connectivity index (χ2n) is 5.70. The summed E-state index contributed by atoms with van der Waals surface area (Å²) in [6.07, 6.45) is 0.679. The fourth-order valence-corrected chi connectivity index (χ4v) is 2.92. The fraction of sp³-hybridized carbons (Fsp3) is 0.333. The number of benzene rings is 1. The highest BCUT2D eigenvalue weighted by Crippen LogP contribution is 2.34. The summed E-state index contributed by atoms with van der Waals surface area (Å²) in [5.41, 5.74) is 1.85. The molecular formula is C18H20N2O4. The molecule has 24 heavy (non-hydrogen) atoms. The fourth-order valence-electron chi connectivity index (χ4n) is 2.92. The number of piperazine rings is 1. The van der Waals surface area contributed by atoms with Crippen LogP contribution in [0, 0.1) is 0 Å². The second-order valence-corrected chi connectivity index (χ2v) is 5.70. The summed E-state index contributed by atoms with van der Waals surface area (Å²) in [4.78, 5) is 26.3. The molecule has 1 aliphatic rings. The molecule has 0 atom stereocenters. The number of anilines is 1. The van der Waals surface area contributed by atoms with Crippen LogP contribution in [-0.2, 0) is 4.79 Å². The molecule has 1 amide bonds. The smallest absolute Gasteiger partial charge is 0.219 e. The average molecular weight is 328 g/mol. The molecular weight excluding hydrogens is 308 g/mol. The van der Waals surface area contributed by atoms with Gasteiger partial charge in [-0.1, -0.05) is 0 Å². The van der Waals surface area contributed by atoms with E-state index in [0.717, 1.165) is 37.4 Å². The van der Waals surface area contributed by atoms with E-state index >= 15 is 0 Å². The molecule has 0 saturated carbocycles. The lowest BCUT2D eigenvalue weighted by Gasteiger charge is -2.35. The van der Waals surface area contributed by atoms with Gasteiger partial charge in [0, 0.05) is 44.9 Å². The summed E-state index contributed by atoms with van der Waals surface area (Å²) >= 11 is 0. The number of amides is 1. The van der Waals surface area contributed by atoms with Gasteiger partial charge in [0.05, 0.1) is 12.7 Å². The van der Waals surface area contributed by atoms with Gasteiger partial charge in [-0.2, -0.15) is 0 Å². The molecule has 1 aromatic carbocycles. The Morgan fingerprint density at radius 3 is 2.50 bits per heavy atom. The first kappa shape index (κ1) is 16.1. The first-order valence-electron chi connectivity index (χ1n) is 7.86. The summed E-state index contributed by atoms with van der Waals surface area (Å²) in [6, 6.07) is 9.29. The van der Waals surface area contributed by atoms with Gasteiger partial charge in [-0.3, -0.25) is 9.59 Å². The van der Waals surface area contributed by atoms with Crippen LogP contribution in [-0.4, -0.2) is 50.4 Å². The van der Waals surface area contributed by atoms with Gasteiger partial charge in [-0.15, -0.1) is 0 Å². The normalized spacial score (nSPS) is 14.6. The summed E-state index contributed by atoms with van der Waals surface area (Å²) in [7, 11) is 1.61.